The molecule has 0 amide bonds. The van der Waals surface area contributed by atoms with Crippen LogP contribution in [-0.4, -0.2) is 10.7 Å². The van der Waals surface area contributed by atoms with Crippen LogP contribution in [0.3, 0.4) is 0 Å². The molecule has 144 valence electrons. The van der Waals surface area contributed by atoms with Crippen LogP contribution in [0.2, 0.25) is 0 Å². The molecule has 0 saturated heterocycles. The fourth-order valence-electron chi connectivity index (χ4n) is 4.86. The Morgan fingerprint density at radius 1 is 1.07 bits per heavy atom. The second kappa shape index (κ2) is 10.2. The van der Waals surface area contributed by atoms with E-state index in [1.165, 1.54) is 68.9 Å². The first-order valence-electron chi connectivity index (χ1n) is 10.8. The van der Waals surface area contributed by atoms with Gasteiger partial charge in [0.05, 0.1) is 10.7 Å². The molecule has 1 aromatic rings. The van der Waals surface area contributed by atoms with Crippen molar-refractivity contribution in [2.45, 2.75) is 76.7 Å². The van der Waals surface area contributed by atoms with Gasteiger partial charge < -0.3 is 0 Å². The van der Waals surface area contributed by atoms with Crippen LogP contribution in [0.25, 0.3) is 5.57 Å². The summed E-state index contributed by atoms with van der Waals surface area (Å²) >= 11 is 5.03. The van der Waals surface area contributed by atoms with Crippen LogP contribution in [0, 0.1) is 11.8 Å². The zero-order valence-corrected chi connectivity index (χ0v) is 17.5. The summed E-state index contributed by atoms with van der Waals surface area (Å²) in [6.07, 6.45) is 20.1. The van der Waals surface area contributed by atoms with Gasteiger partial charge in [0, 0.05) is 0 Å². The van der Waals surface area contributed by atoms with Crippen molar-refractivity contribution in [1.82, 2.24) is 0 Å². The van der Waals surface area contributed by atoms with Gasteiger partial charge >= 0.3 is 0 Å². The number of hydrogen-bond donors (Lipinski definition) is 0. The van der Waals surface area contributed by atoms with Crippen LogP contribution < -0.4 is 0 Å². The SMILES string of the molecule is CCCCCCC1CCC(C2(N=C=S)C=CC(c3ccccc3)=CC2)CC1. The first-order valence-corrected chi connectivity index (χ1v) is 11.2. The fourth-order valence-corrected chi connectivity index (χ4v) is 5.03. The molecule has 1 atom stereocenters. The Morgan fingerprint density at radius 2 is 1.85 bits per heavy atom. The van der Waals surface area contributed by atoms with E-state index in [1.54, 1.807) is 0 Å². The Morgan fingerprint density at radius 3 is 2.48 bits per heavy atom. The normalized spacial score (nSPS) is 27.7. The van der Waals surface area contributed by atoms with E-state index >= 15 is 0 Å². The Kier molecular flexibility index (Phi) is 7.61. The molecule has 0 N–H and O–H groups in total. The van der Waals surface area contributed by atoms with Gasteiger partial charge in [-0.1, -0.05) is 100 Å². The highest BCUT2D eigenvalue weighted by Crippen LogP contribution is 2.44. The van der Waals surface area contributed by atoms with E-state index < -0.39 is 0 Å². The van der Waals surface area contributed by atoms with Gasteiger partial charge in [-0.15, -0.1) is 0 Å². The van der Waals surface area contributed by atoms with Crippen LogP contribution in [0.4, 0.5) is 0 Å². The van der Waals surface area contributed by atoms with Crippen molar-refractivity contribution in [2.24, 2.45) is 16.8 Å². The number of allylic oxidation sites excluding steroid dienone is 2. The number of unbranched alkanes of at least 4 members (excludes halogenated alkanes) is 3. The number of isothiocyanates is 1. The largest absolute Gasteiger partial charge is 0.221 e. The van der Waals surface area contributed by atoms with Crippen molar-refractivity contribution in [3.8, 4) is 0 Å². The summed E-state index contributed by atoms with van der Waals surface area (Å²) < 4.78 is 0. The minimum Gasteiger partial charge on any atom is -0.221 e. The number of thiocarbonyl (C=S) groups is 1. The summed E-state index contributed by atoms with van der Waals surface area (Å²) in [5.41, 5.74) is 2.42. The average Bonchev–Trinajstić information content (AvgIpc) is 2.73. The average molecular weight is 380 g/mol. The molecule has 2 aliphatic carbocycles. The zero-order chi connectivity index (χ0) is 19.0. The number of nitrogens with zero attached hydrogens (tertiary/aromatic N) is 1. The summed E-state index contributed by atoms with van der Waals surface area (Å²) in [7, 11) is 0. The Labute approximate surface area is 170 Å². The molecule has 0 aromatic heterocycles. The highest BCUT2D eigenvalue weighted by molar-refractivity contribution is 7.78. The molecule has 3 rings (SSSR count). The van der Waals surface area contributed by atoms with Gasteiger partial charge in [-0.25, -0.2) is 4.99 Å². The maximum absolute atomic E-state index is 5.03. The van der Waals surface area contributed by atoms with Crippen molar-refractivity contribution in [2.75, 3.05) is 0 Å². The molecule has 0 radical (unpaired) electrons. The summed E-state index contributed by atoms with van der Waals surface area (Å²) in [6, 6.07) is 10.6. The molecule has 1 unspecified atom stereocenters. The van der Waals surface area contributed by atoms with Crippen molar-refractivity contribution in [3.63, 3.8) is 0 Å². The van der Waals surface area contributed by atoms with E-state index in [9.17, 15) is 0 Å². The molecule has 27 heavy (non-hydrogen) atoms. The summed E-state index contributed by atoms with van der Waals surface area (Å²) in [4.78, 5) is 4.71. The molecule has 1 saturated carbocycles. The maximum atomic E-state index is 5.03. The van der Waals surface area contributed by atoms with Crippen molar-refractivity contribution >= 4 is 23.0 Å². The summed E-state index contributed by atoms with van der Waals surface area (Å²) in [6.45, 7) is 2.29. The quantitative estimate of drug-likeness (QED) is 0.257. The van der Waals surface area contributed by atoms with E-state index in [4.69, 9.17) is 17.2 Å². The lowest BCUT2D eigenvalue weighted by Gasteiger charge is -2.40. The number of hydrogen-bond acceptors (Lipinski definition) is 2. The molecule has 0 bridgehead atoms. The molecule has 2 heteroatoms. The molecule has 0 spiro atoms. The van der Waals surface area contributed by atoms with Gasteiger partial charge in [-0.3, -0.25) is 0 Å². The topological polar surface area (TPSA) is 12.4 Å². The lowest BCUT2D eigenvalue weighted by Crippen LogP contribution is -2.37. The molecule has 1 aromatic carbocycles. The predicted octanol–water partition coefficient (Wildman–Crippen LogP) is 7.65. The van der Waals surface area contributed by atoms with E-state index in [1.807, 2.05) is 0 Å². The minimum absolute atomic E-state index is 0.160. The van der Waals surface area contributed by atoms with Gasteiger partial charge in [0.1, 0.15) is 0 Å². The molecular formula is C25H33NS. The zero-order valence-electron chi connectivity index (χ0n) is 16.7. The molecule has 0 heterocycles. The highest BCUT2D eigenvalue weighted by Gasteiger charge is 2.39. The molecule has 1 nitrogen and oxygen atoms in total. The first-order chi connectivity index (χ1) is 13.3. The third-order valence-corrected chi connectivity index (χ3v) is 6.67. The second-order valence-electron chi connectivity index (χ2n) is 8.32. The number of rotatable bonds is 8. The second-order valence-corrected chi connectivity index (χ2v) is 8.51. The van der Waals surface area contributed by atoms with Gasteiger partial charge in [-0.05, 0) is 54.5 Å². The Hall–Kier alpha value is -1.50. The first kappa shape index (κ1) is 20.2. The minimum atomic E-state index is -0.160. The Balaban J connectivity index is 1.60. The van der Waals surface area contributed by atoms with Crippen molar-refractivity contribution in [3.05, 3.63) is 54.1 Å². The van der Waals surface area contributed by atoms with Crippen LogP contribution in [0.15, 0.2) is 53.6 Å². The van der Waals surface area contributed by atoms with Gasteiger partial charge in [0.25, 0.3) is 0 Å². The van der Waals surface area contributed by atoms with Crippen LogP contribution in [0.5, 0.6) is 0 Å². The number of benzene rings is 1. The number of aliphatic imine (C=N–C) groups is 1. The molecule has 2 aliphatic rings. The molecule has 0 aliphatic heterocycles. The van der Waals surface area contributed by atoms with E-state index in [0.29, 0.717) is 5.92 Å². The molecule has 1 fully saturated rings. The van der Waals surface area contributed by atoms with Crippen LogP contribution in [0.1, 0.15) is 76.7 Å². The third-order valence-electron chi connectivity index (χ3n) is 6.58. The van der Waals surface area contributed by atoms with Crippen molar-refractivity contribution < 1.29 is 0 Å². The predicted molar refractivity (Wildman–Crippen MR) is 120 cm³/mol. The van der Waals surface area contributed by atoms with Gasteiger partial charge in [-0.2, -0.15) is 0 Å². The van der Waals surface area contributed by atoms with Crippen LogP contribution in [-0.2, 0) is 0 Å². The monoisotopic (exact) mass is 379 g/mol. The highest BCUT2D eigenvalue weighted by atomic mass is 32.1. The fraction of sp³-hybridized carbons (Fsp3) is 0.560. The van der Waals surface area contributed by atoms with E-state index in [2.05, 4.69) is 60.6 Å². The van der Waals surface area contributed by atoms with E-state index in [0.717, 1.165) is 12.3 Å². The third kappa shape index (κ3) is 5.27. The van der Waals surface area contributed by atoms with Gasteiger partial charge in [0.15, 0.2) is 0 Å². The summed E-state index contributed by atoms with van der Waals surface area (Å²) in [5, 5.41) is 2.72. The lowest BCUT2D eigenvalue weighted by atomic mass is 9.68. The lowest BCUT2D eigenvalue weighted by molar-refractivity contribution is 0.198. The van der Waals surface area contributed by atoms with Gasteiger partial charge in [0.2, 0.25) is 0 Å². The summed E-state index contributed by atoms with van der Waals surface area (Å²) in [5.74, 6) is 1.53. The standard InChI is InChI=1S/C25H33NS/c1-2-3-4-6-9-21-12-14-24(15-13-21)25(26-20-27)18-16-23(17-19-25)22-10-7-5-8-11-22/h5,7-8,10-11,16-18,21,24H,2-4,6,9,12-15,19H2,1H3. The Bertz CT molecular complexity index is 690. The van der Waals surface area contributed by atoms with Crippen LogP contribution >= 0.6 is 12.2 Å². The smallest absolute Gasteiger partial charge is 0.0956 e. The maximum Gasteiger partial charge on any atom is 0.0956 e. The molecular weight excluding hydrogens is 346 g/mol. The van der Waals surface area contributed by atoms with E-state index in [-0.39, 0.29) is 5.54 Å². The van der Waals surface area contributed by atoms with Crippen molar-refractivity contribution in [1.29, 1.82) is 0 Å².